The Morgan fingerprint density at radius 3 is 2.77 bits per heavy atom. The average Bonchev–Trinajstić information content (AvgIpc) is 3.26. The molecular weight excluding hydrogens is 400 g/mol. The zero-order valence-electron chi connectivity index (χ0n) is 17.7. The van der Waals surface area contributed by atoms with Crippen LogP contribution in [0, 0.1) is 13.8 Å². The monoisotopic (exact) mass is 426 g/mol. The number of Topliss-reactive ketones (excluding diaryl/α,β-unsaturated/α-hetero) is 1. The average molecular weight is 427 g/mol. The number of aryl methyl sites for hydroxylation is 1. The van der Waals surface area contributed by atoms with Gasteiger partial charge in [-0.15, -0.1) is 10.2 Å². The molecule has 7 nitrogen and oxygen atoms in total. The van der Waals surface area contributed by atoms with Gasteiger partial charge in [0, 0.05) is 30.5 Å². The topological polar surface area (TPSA) is 71.2 Å². The molecule has 0 bridgehead atoms. The first-order chi connectivity index (χ1) is 14.5. The molecule has 0 saturated heterocycles. The van der Waals surface area contributed by atoms with Crippen LogP contribution < -0.4 is 9.47 Å². The van der Waals surface area contributed by atoms with Gasteiger partial charge in [0.05, 0.1) is 5.75 Å². The molecular formula is C22H26N4O3S. The van der Waals surface area contributed by atoms with Gasteiger partial charge in [0.1, 0.15) is 6.61 Å². The van der Waals surface area contributed by atoms with Gasteiger partial charge in [0.2, 0.25) is 0 Å². The van der Waals surface area contributed by atoms with Crippen molar-refractivity contribution in [3.05, 3.63) is 53.1 Å². The predicted octanol–water partition coefficient (Wildman–Crippen LogP) is 4.13. The van der Waals surface area contributed by atoms with Crippen molar-refractivity contribution in [3.8, 4) is 11.5 Å². The van der Waals surface area contributed by atoms with Gasteiger partial charge in [-0.05, 0) is 38.5 Å². The van der Waals surface area contributed by atoms with E-state index in [9.17, 15) is 4.79 Å². The molecule has 1 aliphatic heterocycles. The summed E-state index contributed by atoms with van der Waals surface area (Å²) in [6, 6.07) is 9.57. The van der Waals surface area contributed by atoms with E-state index in [1.54, 1.807) is 0 Å². The number of hydrogen-bond donors (Lipinski definition) is 0. The van der Waals surface area contributed by atoms with Crippen LogP contribution in [0.5, 0.6) is 11.5 Å². The molecule has 4 rings (SSSR count). The lowest BCUT2D eigenvalue weighted by atomic mass is 10.2. The van der Waals surface area contributed by atoms with E-state index in [1.165, 1.54) is 11.8 Å². The van der Waals surface area contributed by atoms with Gasteiger partial charge in [-0.25, -0.2) is 0 Å². The van der Waals surface area contributed by atoms with Crippen molar-refractivity contribution in [1.82, 2.24) is 19.3 Å². The van der Waals surface area contributed by atoms with Crippen molar-refractivity contribution in [2.24, 2.45) is 7.05 Å². The third-order valence-electron chi connectivity index (χ3n) is 5.32. The van der Waals surface area contributed by atoms with E-state index in [-0.39, 0.29) is 11.9 Å². The van der Waals surface area contributed by atoms with Crippen molar-refractivity contribution in [2.45, 2.75) is 45.0 Å². The standard InChI is InChI=1S/C22H26N4O3S/c1-5-10-26-14(2)11-16(15(26)3)17(27)13-30-22-24-23-21(25(22)4)20-12-28-18-8-6-7-9-19(18)29-20/h6-9,11,20H,5,10,12-13H2,1-4H3/t20-/m0/s1. The molecule has 158 valence electrons. The van der Waals surface area contributed by atoms with E-state index in [4.69, 9.17) is 9.47 Å². The maximum Gasteiger partial charge on any atom is 0.192 e. The number of hydrogen-bond acceptors (Lipinski definition) is 6. The fraction of sp³-hybridized carbons (Fsp3) is 0.409. The van der Waals surface area contributed by atoms with Crippen LogP contribution in [0.4, 0.5) is 0 Å². The Bertz CT molecular complexity index is 1070. The zero-order valence-corrected chi connectivity index (χ0v) is 18.5. The number of ketones is 1. The SMILES string of the molecule is CCCn1c(C)cc(C(=O)CSc2nnc([C@@H]3COc4ccccc4O3)n2C)c1C. The maximum atomic E-state index is 12.8. The largest absolute Gasteiger partial charge is 0.485 e. The summed E-state index contributed by atoms with van der Waals surface area (Å²) in [5, 5.41) is 9.25. The number of carbonyl (C=O) groups excluding carboxylic acids is 1. The second-order valence-corrected chi connectivity index (χ2v) is 8.35. The summed E-state index contributed by atoms with van der Waals surface area (Å²) in [6.07, 6.45) is 0.702. The molecule has 1 aliphatic rings. The van der Waals surface area contributed by atoms with E-state index in [0.717, 1.165) is 35.7 Å². The number of carbonyl (C=O) groups is 1. The van der Waals surface area contributed by atoms with Gasteiger partial charge in [-0.3, -0.25) is 4.79 Å². The minimum Gasteiger partial charge on any atom is -0.485 e. The van der Waals surface area contributed by atoms with Crippen LogP contribution in [-0.2, 0) is 13.6 Å². The first-order valence-electron chi connectivity index (χ1n) is 10.1. The molecule has 0 unspecified atom stereocenters. The smallest absolute Gasteiger partial charge is 0.192 e. The molecule has 0 saturated carbocycles. The first kappa shape index (κ1) is 20.5. The van der Waals surface area contributed by atoms with E-state index < -0.39 is 0 Å². The van der Waals surface area contributed by atoms with Crippen LogP contribution in [-0.4, -0.2) is 37.5 Å². The van der Waals surface area contributed by atoms with Crippen LogP contribution in [0.15, 0.2) is 35.5 Å². The van der Waals surface area contributed by atoms with Crippen LogP contribution in [0.3, 0.4) is 0 Å². The van der Waals surface area contributed by atoms with Crippen LogP contribution in [0.2, 0.25) is 0 Å². The maximum absolute atomic E-state index is 12.8. The van der Waals surface area contributed by atoms with Gasteiger partial charge in [-0.2, -0.15) is 0 Å². The van der Waals surface area contributed by atoms with E-state index in [1.807, 2.05) is 55.8 Å². The summed E-state index contributed by atoms with van der Waals surface area (Å²) >= 11 is 1.39. The minimum atomic E-state index is -0.338. The van der Waals surface area contributed by atoms with Gasteiger partial charge < -0.3 is 18.6 Å². The normalized spacial score (nSPS) is 15.4. The second-order valence-electron chi connectivity index (χ2n) is 7.41. The third-order valence-corrected chi connectivity index (χ3v) is 6.34. The van der Waals surface area contributed by atoms with Gasteiger partial charge in [0.15, 0.2) is 34.4 Å². The molecule has 0 fully saturated rings. The summed E-state index contributed by atoms with van der Waals surface area (Å²) in [5.41, 5.74) is 2.94. The van der Waals surface area contributed by atoms with E-state index >= 15 is 0 Å². The van der Waals surface area contributed by atoms with Crippen molar-refractivity contribution >= 4 is 17.5 Å². The Morgan fingerprint density at radius 1 is 1.23 bits per heavy atom. The molecule has 1 atom stereocenters. The van der Waals surface area contributed by atoms with Gasteiger partial charge in [0.25, 0.3) is 0 Å². The number of thioether (sulfide) groups is 1. The molecule has 0 radical (unpaired) electrons. The summed E-state index contributed by atoms with van der Waals surface area (Å²) in [6.45, 7) is 7.50. The highest BCUT2D eigenvalue weighted by atomic mass is 32.2. The van der Waals surface area contributed by atoms with E-state index in [2.05, 4.69) is 21.7 Å². The third kappa shape index (κ3) is 3.84. The van der Waals surface area contributed by atoms with Gasteiger partial charge in [-0.1, -0.05) is 30.8 Å². The highest BCUT2D eigenvalue weighted by molar-refractivity contribution is 7.99. The molecule has 2 aromatic heterocycles. The van der Waals surface area contributed by atoms with Crippen LogP contribution in [0.1, 0.15) is 47.0 Å². The number of ether oxygens (including phenoxy) is 2. The molecule has 3 aromatic rings. The zero-order chi connectivity index (χ0) is 21.3. The highest BCUT2D eigenvalue weighted by Gasteiger charge is 2.27. The fourth-order valence-corrected chi connectivity index (χ4v) is 4.54. The highest BCUT2D eigenvalue weighted by Crippen LogP contribution is 2.35. The van der Waals surface area contributed by atoms with Crippen molar-refractivity contribution in [3.63, 3.8) is 0 Å². The molecule has 0 aliphatic carbocycles. The predicted molar refractivity (Wildman–Crippen MR) is 116 cm³/mol. The quantitative estimate of drug-likeness (QED) is 0.418. The molecule has 0 amide bonds. The van der Waals surface area contributed by atoms with Crippen molar-refractivity contribution < 1.29 is 14.3 Å². The molecule has 0 N–H and O–H groups in total. The number of rotatable bonds is 7. The molecule has 0 spiro atoms. The van der Waals surface area contributed by atoms with Crippen molar-refractivity contribution in [1.29, 1.82) is 0 Å². The lowest BCUT2D eigenvalue weighted by Crippen LogP contribution is -2.24. The number of para-hydroxylation sites is 2. The lowest BCUT2D eigenvalue weighted by molar-refractivity contribution is 0.0825. The summed E-state index contributed by atoms with van der Waals surface area (Å²) in [5.74, 6) is 2.53. The number of aromatic nitrogens is 4. The Hall–Kier alpha value is -2.74. The molecule has 3 heterocycles. The Balaban J connectivity index is 1.44. The lowest BCUT2D eigenvalue weighted by Gasteiger charge is -2.25. The first-order valence-corrected chi connectivity index (χ1v) is 11.1. The fourth-order valence-electron chi connectivity index (χ4n) is 3.74. The number of benzene rings is 1. The Labute approximate surface area is 180 Å². The summed E-state index contributed by atoms with van der Waals surface area (Å²) < 4.78 is 15.9. The summed E-state index contributed by atoms with van der Waals surface area (Å²) in [7, 11) is 1.89. The van der Waals surface area contributed by atoms with Gasteiger partial charge >= 0.3 is 0 Å². The second kappa shape index (κ2) is 8.55. The van der Waals surface area contributed by atoms with E-state index in [0.29, 0.717) is 29.1 Å². The molecule has 30 heavy (non-hydrogen) atoms. The number of fused-ring (bicyclic) bond motifs is 1. The Morgan fingerprint density at radius 2 is 2.00 bits per heavy atom. The van der Waals surface area contributed by atoms with Crippen LogP contribution >= 0.6 is 11.8 Å². The van der Waals surface area contributed by atoms with Crippen molar-refractivity contribution in [2.75, 3.05) is 12.4 Å². The molecule has 8 heteroatoms. The summed E-state index contributed by atoms with van der Waals surface area (Å²) in [4.78, 5) is 12.8. The van der Waals surface area contributed by atoms with Crippen LogP contribution in [0.25, 0.3) is 0 Å². The Kier molecular flexibility index (Phi) is 5.85. The molecule has 1 aromatic carbocycles. The minimum absolute atomic E-state index is 0.103. The number of nitrogens with zero attached hydrogens (tertiary/aromatic N) is 4.